The average Bonchev–Trinajstić information content (AvgIpc) is 3.39. The molecule has 1 N–H and O–H groups in total. The molecular formula is C21H23N3O4. The molecule has 0 bridgehead atoms. The summed E-state index contributed by atoms with van der Waals surface area (Å²) in [5.41, 5.74) is 2.99. The molecule has 28 heavy (non-hydrogen) atoms. The lowest BCUT2D eigenvalue weighted by molar-refractivity contribution is 0.0474. The number of para-hydroxylation sites is 1. The summed E-state index contributed by atoms with van der Waals surface area (Å²) in [6.07, 6.45) is 7.47. The third kappa shape index (κ3) is 3.57. The Morgan fingerprint density at radius 1 is 1.32 bits per heavy atom. The maximum Gasteiger partial charge on any atom is 0.341 e. The van der Waals surface area contributed by atoms with Gasteiger partial charge in [0.25, 0.3) is 0 Å². The van der Waals surface area contributed by atoms with Crippen LogP contribution in [0.3, 0.4) is 0 Å². The van der Waals surface area contributed by atoms with E-state index in [9.17, 15) is 9.59 Å². The van der Waals surface area contributed by atoms with E-state index in [0.29, 0.717) is 24.3 Å². The van der Waals surface area contributed by atoms with E-state index in [1.165, 1.54) is 6.20 Å². The second kappa shape index (κ2) is 7.98. The number of aromatic amines is 1. The molecule has 1 saturated heterocycles. The Balaban J connectivity index is 1.41. The summed E-state index contributed by atoms with van der Waals surface area (Å²) in [6, 6.07) is 6.10. The Labute approximate surface area is 162 Å². The number of benzene rings is 1. The van der Waals surface area contributed by atoms with Gasteiger partial charge in [-0.25, -0.2) is 4.79 Å². The first-order valence-corrected chi connectivity index (χ1v) is 9.58. The Bertz CT molecular complexity index is 998. The van der Waals surface area contributed by atoms with Gasteiger partial charge in [-0.1, -0.05) is 25.1 Å². The fraction of sp³-hybridized carbons (Fsp3) is 0.381. The van der Waals surface area contributed by atoms with E-state index in [1.807, 2.05) is 18.2 Å². The summed E-state index contributed by atoms with van der Waals surface area (Å²) in [4.78, 5) is 28.1. The van der Waals surface area contributed by atoms with Gasteiger partial charge in [0.05, 0.1) is 17.8 Å². The molecule has 146 valence electrons. The van der Waals surface area contributed by atoms with Gasteiger partial charge in [-0.3, -0.25) is 9.48 Å². The summed E-state index contributed by atoms with van der Waals surface area (Å²) in [5, 5.41) is 5.12. The second-order valence-corrected chi connectivity index (χ2v) is 6.95. The number of carbonyl (C=O) groups excluding carboxylic acids is 2. The van der Waals surface area contributed by atoms with E-state index in [0.717, 1.165) is 35.7 Å². The molecule has 0 aliphatic carbocycles. The molecule has 0 saturated carbocycles. The van der Waals surface area contributed by atoms with Gasteiger partial charge < -0.3 is 14.5 Å². The molecule has 1 aliphatic heterocycles. The number of hydrogen-bond donors (Lipinski definition) is 1. The number of ketones is 1. The van der Waals surface area contributed by atoms with Gasteiger partial charge in [-0.05, 0) is 24.8 Å². The Hall–Kier alpha value is -2.93. The normalized spacial score (nSPS) is 15.0. The highest BCUT2D eigenvalue weighted by Crippen LogP contribution is 2.23. The van der Waals surface area contributed by atoms with Crippen molar-refractivity contribution in [3.05, 3.63) is 53.5 Å². The van der Waals surface area contributed by atoms with Crippen molar-refractivity contribution < 1.29 is 19.1 Å². The molecule has 1 aromatic carbocycles. The third-order valence-corrected chi connectivity index (χ3v) is 5.22. The molecule has 0 amide bonds. The summed E-state index contributed by atoms with van der Waals surface area (Å²) in [7, 11) is 0. The maximum absolute atomic E-state index is 12.6. The van der Waals surface area contributed by atoms with Crippen molar-refractivity contribution in [3.8, 4) is 0 Å². The standard InChI is InChI=1S/C21H23N3O4/c1-2-14-4-3-5-17-18(11-22-20(14)17)19(25)13-28-21(26)15-10-23-24(12-15)16-6-8-27-9-7-16/h3-5,10-12,16,22H,2,6-9,13H2,1H3. The average molecular weight is 381 g/mol. The lowest BCUT2D eigenvalue weighted by Crippen LogP contribution is -2.20. The Morgan fingerprint density at radius 2 is 2.14 bits per heavy atom. The predicted molar refractivity (Wildman–Crippen MR) is 104 cm³/mol. The SMILES string of the molecule is CCc1cccc2c(C(=O)COC(=O)c3cnn(C4CCOCC4)c3)c[nH]c12. The van der Waals surface area contributed by atoms with Crippen LogP contribution in [-0.4, -0.2) is 46.3 Å². The zero-order valence-electron chi connectivity index (χ0n) is 15.8. The van der Waals surface area contributed by atoms with Gasteiger partial charge in [0, 0.05) is 42.1 Å². The van der Waals surface area contributed by atoms with Crippen LogP contribution in [-0.2, 0) is 15.9 Å². The fourth-order valence-electron chi connectivity index (χ4n) is 3.63. The minimum absolute atomic E-state index is 0.232. The number of rotatable bonds is 6. The van der Waals surface area contributed by atoms with Crippen LogP contribution in [0.4, 0.5) is 0 Å². The largest absolute Gasteiger partial charge is 0.454 e. The van der Waals surface area contributed by atoms with Crippen molar-refractivity contribution in [1.29, 1.82) is 0 Å². The molecule has 1 fully saturated rings. The second-order valence-electron chi connectivity index (χ2n) is 6.95. The van der Waals surface area contributed by atoms with E-state index < -0.39 is 5.97 Å². The van der Waals surface area contributed by atoms with E-state index in [4.69, 9.17) is 9.47 Å². The van der Waals surface area contributed by atoms with Crippen molar-refractivity contribution in [3.63, 3.8) is 0 Å². The van der Waals surface area contributed by atoms with Crippen molar-refractivity contribution in [2.45, 2.75) is 32.2 Å². The number of esters is 1. The number of fused-ring (bicyclic) bond motifs is 1. The van der Waals surface area contributed by atoms with Crippen molar-refractivity contribution in [2.24, 2.45) is 0 Å². The summed E-state index contributed by atoms with van der Waals surface area (Å²) in [6.45, 7) is 3.16. The van der Waals surface area contributed by atoms with Crippen molar-refractivity contribution in [1.82, 2.24) is 14.8 Å². The highest BCUT2D eigenvalue weighted by atomic mass is 16.5. The van der Waals surface area contributed by atoms with Crippen LogP contribution in [0.1, 0.15) is 52.1 Å². The number of nitrogens with zero attached hydrogens (tertiary/aromatic N) is 2. The number of hydrogen-bond acceptors (Lipinski definition) is 5. The topological polar surface area (TPSA) is 86.2 Å². The highest BCUT2D eigenvalue weighted by molar-refractivity contribution is 6.09. The Morgan fingerprint density at radius 3 is 2.93 bits per heavy atom. The molecule has 3 aromatic rings. The molecule has 0 spiro atoms. The summed E-state index contributed by atoms with van der Waals surface area (Å²) in [5.74, 6) is -0.773. The monoisotopic (exact) mass is 381 g/mol. The summed E-state index contributed by atoms with van der Waals surface area (Å²) < 4.78 is 12.4. The lowest BCUT2D eigenvalue weighted by Gasteiger charge is -2.22. The molecule has 3 heterocycles. The van der Waals surface area contributed by atoms with Crippen molar-refractivity contribution >= 4 is 22.7 Å². The highest BCUT2D eigenvalue weighted by Gasteiger charge is 2.20. The molecule has 7 nitrogen and oxygen atoms in total. The first-order valence-electron chi connectivity index (χ1n) is 9.58. The smallest absolute Gasteiger partial charge is 0.341 e. The quantitative estimate of drug-likeness (QED) is 0.523. The molecule has 1 aliphatic rings. The fourth-order valence-corrected chi connectivity index (χ4v) is 3.63. The van der Waals surface area contributed by atoms with E-state index in [2.05, 4.69) is 17.0 Å². The van der Waals surface area contributed by atoms with Crippen LogP contribution in [0, 0.1) is 0 Å². The number of Topliss-reactive ketones (excluding diaryl/α,β-unsaturated/α-hetero) is 1. The number of aryl methyl sites for hydroxylation is 1. The third-order valence-electron chi connectivity index (χ3n) is 5.22. The van der Waals surface area contributed by atoms with Gasteiger partial charge in [0.15, 0.2) is 6.61 Å². The minimum atomic E-state index is -0.541. The Kier molecular flexibility index (Phi) is 5.25. The number of carbonyl (C=O) groups is 2. The van der Waals surface area contributed by atoms with E-state index >= 15 is 0 Å². The molecule has 0 unspecified atom stereocenters. The van der Waals surface area contributed by atoms with Gasteiger partial charge >= 0.3 is 5.97 Å². The van der Waals surface area contributed by atoms with E-state index in [-0.39, 0.29) is 18.4 Å². The van der Waals surface area contributed by atoms with Crippen LogP contribution < -0.4 is 0 Å². The molecular weight excluding hydrogens is 358 g/mol. The first kappa shape index (κ1) is 18.4. The van der Waals surface area contributed by atoms with Crippen LogP contribution in [0.5, 0.6) is 0 Å². The molecule has 0 radical (unpaired) electrons. The zero-order chi connectivity index (χ0) is 19.5. The van der Waals surface area contributed by atoms with Crippen LogP contribution in [0.2, 0.25) is 0 Å². The predicted octanol–water partition coefficient (Wildman–Crippen LogP) is 3.32. The van der Waals surface area contributed by atoms with Gasteiger partial charge in [-0.2, -0.15) is 5.10 Å². The van der Waals surface area contributed by atoms with Gasteiger partial charge in [0.2, 0.25) is 5.78 Å². The number of nitrogens with one attached hydrogen (secondary N) is 1. The van der Waals surface area contributed by atoms with Gasteiger partial charge in [0.1, 0.15) is 0 Å². The lowest BCUT2D eigenvalue weighted by atomic mass is 10.1. The molecule has 0 atom stereocenters. The van der Waals surface area contributed by atoms with Crippen LogP contribution >= 0.6 is 0 Å². The number of ether oxygens (including phenoxy) is 2. The molecule has 4 rings (SSSR count). The first-order chi connectivity index (χ1) is 13.7. The maximum atomic E-state index is 12.6. The van der Waals surface area contributed by atoms with E-state index in [1.54, 1.807) is 17.1 Å². The van der Waals surface area contributed by atoms with Gasteiger partial charge in [-0.15, -0.1) is 0 Å². The molecule has 2 aromatic heterocycles. The zero-order valence-corrected chi connectivity index (χ0v) is 15.8. The molecule has 7 heteroatoms. The minimum Gasteiger partial charge on any atom is -0.454 e. The number of H-pyrrole nitrogens is 1. The summed E-state index contributed by atoms with van der Waals surface area (Å²) >= 11 is 0. The number of aromatic nitrogens is 3. The van der Waals surface area contributed by atoms with Crippen LogP contribution in [0.15, 0.2) is 36.8 Å². The van der Waals surface area contributed by atoms with Crippen LogP contribution in [0.25, 0.3) is 10.9 Å². The van der Waals surface area contributed by atoms with Crippen molar-refractivity contribution in [2.75, 3.05) is 19.8 Å².